The summed E-state index contributed by atoms with van der Waals surface area (Å²) in [5.74, 6) is -0.203. The number of carbonyl (C=O) groups is 1. The van der Waals surface area contributed by atoms with Crippen LogP contribution in [0.25, 0.3) is 0 Å². The lowest BCUT2D eigenvalue weighted by Gasteiger charge is -2.11. The molecule has 0 atom stereocenters. The first-order valence-corrected chi connectivity index (χ1v) is 8.18. The molecule has 0 aliphatic rings. The Bertz CT molecular complexity index is 723. The van der Waals surface area contributed by atoms with Gasteiger partial charge in [0.1, 0.15) is 18.2 Å². The third kappa shape index (κ3) is 6.13. The number of benzene rings is 2. The number of hydrogen-bond donors (Lipinski definition) is 2. The number of anilines is 1. The van der Waals surface area contributed by atoms with Gasteiger partial charge in [0.05, 0.1) is 12.3 Å². The normalized spacial score (nSPS) is 10.2. The Hall–Kier alpha value is -2.51. The smallest absolute Gasteiger partial charge is 0.257 e. The van der Waals surface area contributed by atoms with Crippen molar-refractivity contribution in [1.29, 1.82) is 0 Å². The number of hydrogen-bond acceptors (Lipinski definition) is 4. The molecular formula is C18H19FN2O3S. The Balaban J connectivity index is 1.85. The zero-order valence-electron chi connectivity index (χ0n) is 13.8. The van der Waals surface area contributed by atoms with E-state index >= 15 is 0 Å². The van der Waals surface area contributed by atoms with Gasteiger partial charge >= 0.3 is 0 Å². The molecule has 2 N–H and O–H groups in total. The van der Waals surface area contributed by atoms with Gasteiger partial charge in [-0.15, -0.1) is 0 Å². The topological polar surface area (TPSA) is 59.6 Å². The Kier molecular flexibility index (Phi) is 7.31. The van der Waals surface area contributed by atoms with Crippen LogP contribution < -0.4 is 15.4 Å². The van der Waals surface area contributed by atoms with E-state index < -0.39 is 11.7 Å². The third-order valence-electron chi connectivity index (χ3n) is 3.17. The molecule has 0 aliphatic heterocycles. The van der Waals surface area contributed by atoms with E-state index in [2.05, 4.69) is 10.6 Å². The summed E-state index contributed by atoms with van der Waals surface area (Å²) in [5.41, 5.74) is 0.612. The number of amides is 1. The number of ether oxygens (including phenoxy) is 2. The first-order chi connectivity index (χ1) is 12.1. The lowest BCUT2D eigenvalue weighted by molar-refractivity contribution is 0.0977. The molecular weight excluding hydrogens is 343 g/mol. The number of thiocarbonyl (C=S) groups is 1. The molecule has 0 radical (unpaired) electrons. The minimum Gasteiger partial charge on any atom is -0.491 e. The van der Waals surface area contributed by atoms with E-state index in [-0.39, 0.29) is 10.8 Å². The van der Waals surface area contributed by atoms with Crippen LogP contribution in [0, 0.1) is 5.82 Å². The molecule has 0 bridgehead atoms. The summed E-state index contributed by atoms with van der Waals surface area (Å²) in [7, 11) is 0. The molecule has 0 aliphatic carbocycles. The largest absolute Gasteiger partial charge is 0.491 e. The van der Waals surface area contributed by atoms with E-state index in [1.165, 1.54) is 12.1 Å². The Morgan fingerprint density at radius 1 is 1.12 bits per heavy atom. The van der Waals surface area contributed by atoms with Gasteiger partial charge in [-0.2, -0.15) is 0 Å². The highest BCUT2D eigenvalue weighted by Crippen LogP contribution is 2.13. The van der Waals surface area contributed by atoms with Crippen molar-refractivity contribution in [3.05, 3.63) is 59.9 Å². The molecule has 2 rings (SSSR count). The van der Waals surface area contributed by atoms with Crippen LogP contribution in [0.3, 0.4) is 0 Å². The highest BCUT2D eigenvalue weighted by Gasteiger charge is 2.09. The summed E-state index contributed by atoms with van der Waals surface area (Å²) in [5, 5.41) is 5.17. The second-order valence-electron chi connectivity index (χ2n) is 4.96. The molecule has 0 aromatic heterocycles. The highest BCUT2D eigenvalue weighted by atomic mass is 32.1. The van der Waals surface area contributed by atoms with Gasteiger partial charge in [-0.1, -0.05) is 12.1 Å². The predicted molar refractivity (Wildman–Crippen MR) is 98.5 cm³/mol. The second-order valence-corrected chi connectivity index (χ2v) is 5.37. The molecule has 5 nitrogen and oxygen atoms in total. The van der Waals surface area contributed by atoms with Gasteiger partial charge in [0, 0.05) is 12.2 Å². The SMILES string of the molecule is CCOCCOc1ccc(C(=O)NC(=S)Nc2ccccc2F)cc1. The minimum absolute atomic E-state index is 0.0205. The number of nitrogens with one attached hydrogen (secondary N) is 2. The Labute approximate surface area is 151 Å². The molecule has 2 aromatic carbocycles. The van der Waals surface area contributed by atoms with Gasteiger partial charge in [-0.25, -0.2) is 4.39 Å². The summed E-state index contributed by atoms with van der Waals surface area (Å²) >= 11 is 5.03. The van der Waals surface area contributed by atoms with Gasteiger partial charge < -0.3 is 14.8 Å². The van der Waals surface area contributed by atoms with Crippen molar-refractivity contribution < 1.29 is 18.7 Å². The molecule has 0 unspecified atom stereocenters. The number of halogens is 1. The van der Waals surface area contributed by atoms with Crippen LogP contribution in [0.4, 0.5) is 10.1 Å². The number of carbonyl (C=O) groups excluding carboxylic acids is 1. The molecule has 132 valence electrons. The first-order valence-electron chi connectivity index (χ1n) is 7.77. The van der Waals surface area contributed by atoms with E-state index in [0.717, 1.165) is 0 Å². The lowest BCUT2D eigenvalue weighted by atomic mass is 10.2. The van der Waals surface area contributed by atoms with Gasteiger partial charge in [0.2, 0.25) is 0 Å². The summed E-state index contributed by atoms with van der Waals surface area (Å²) in [4.78, 5) is 12.1. The van der Waals surface area contributed by atoms with E-state index in [4.69, 9.17) is 21.7 Å². The molecule has 0 saturated heterocycles. The summed E-state index contributed by atoms with van der Waals surface area (Å²) in [6, 6.07) is 12.7. The monoisotopic (exact) mass is 362 g/mol. The fourth-order valence-corrected chi connectivity index (χ4v) is 2.16. The second kappa shape index (κ2) is 9.71. The first kappa shape index (κ1) is 18.8. The van der Waals surface area contributed by atoms with E-state index in [9.17, 15) is 9.18 Å². The van der Waals surface area contributed by atoms with Crippen LogP contribution >= 0.6 is 12.2 Å². The van der Waals surface area contributed by atoms with Crippen molar-refractivity contribution in [1.82, 2.24) is 5.32 Å². The van der Waals surface area contributed by atoms with Crippen LogP contribution in [-0.2, 0) is 4.74 Å². The maximum absolute atomic E-state index is 13.5. The van der Waals surface area contributed by atoms with Gasteiger partial charge in [0.25, 0.3) is 5.91 Å². The fourth-order valence-electron chi connectivity index (χ4n) is 1.96. The van der Waals surface area contributed by atoms with Crippen molar-refractivity contribution >= 4 is 28.9 Å². The molecule has 0 heterocycles. The zero-order valence-corrected chi connectivity index (χ0v) is 14.6. The maximum Gasteiger partial charge on any atom is 0.257 e. The van der Waals surface area contributed by atoms with Gasteiger partial charge in [0.15, 0.2) is 5.11 Å². The summed E-state index contributed by atoms with van der Waals surface area (Å²) in [6.45, 7) is 3.51. The average Bonchev–Trinajstić information content (AvgIpc) is 2.61. The lowest BCUT2D eigenvalue weighted by Crippen LogP contribution is -2.34. The number of para-hydroxylation sites is 1. The van der Waals surface area contributed by atoms with Crippen molar-refractivity contribution in [2.24, 2.45) is 0 Å². The van der Waals surface area contributed by atoms with Crippen molar-refractivity contribution in [2.75, 3.05) is 25.1 Å². The average molecular weight is 362 g/mol. The predicted octanol–water partition coefficient (Wildman–Crippen LogP) is 3.37. The third-order valence-corrected chi connectivity index (χ3v) is 3.37. The molecule has 0 fully saturated rings. The fraction of sp³-hybridized carbons (Fsp3) is 0.222. The molecule has 2 aromatic rings. The molecule has 0 saturated carbocycles. The minimum atomic E-state index is -0.451. The molecule has 1 amide bonds. The van der Waals surface area contributed by atoms with Crippen LogP contribution in [-0.4, -0.2) is 30.8 Å². The Morgan fingerprint density at radius 3 is 2.52 bits per heavy atom. The molecule has 25 heavy (non-hydrogen) atoms. The Morgan fingerprint density at radius 2 is 1.84 bits per heavy atom. The van der Waals surface area contributed by atoms with Crippen molar-refractivity contribution in [3.63, 3.8) is 0 Å². The highest BCUT2D eigenvalue weighted by molar-refractivity contribution is 7.80. The van der Waals surface area contributed by atoms with Crippen molar-refractivity contribution in [2.45, 2.75) is 6.92 Å². The van der Waals surface area contributed by atoms with Crippen LogP contribution in [0.2, 0.25) is 0 Å². The molecule has 0 spiro atoms. The maximum atomic E-state index is 13.5. The van der Waals surface area contributed by atoms with E-state index in [1.807, 2.05) is 6.92 Å². The van der Waals surface area contributed by atoms with E-state index in [1.54, 1.807) is 36.4 Å². The van der Waals surface area contributed by atoms with E-state index in [0.29, 0.717) is 31.1 Å². The zero-order chi connectivity index (χ0) is 18.1. The summed E-state index contributed by atoms with van der Waals surface area (Å²) in [6.07, 6.45) is 0. The van der Waals surface area contributed by atoms with Gasteiger partial charge in [-0.3, -0.25) is 10.1 Å². The van der Waals surface area contributed by atoms with Crippen LogP contribution in [0.5, 0.6) is 5.75 Å². The van der Waals surface area contributed by atoms with Crippen LogP contribution in [0.15, 0.2) is 48.5 Å². The molecule has 7 heteroatoms. The van der Waals surface area contributed by atoms with Crippen LogP contribution in [0.1, 0.15) is 17.3 Å². The standard InChI is InChI=1S/C18H19FN2O3S/c1-2-23-11-12-24-14-9-7-13(8-10-14)17(22)21-18(25)20-16-6-4-3-5-15(16)19/h3-10H,2,11-12H2,1H3,(H2,20,21,22,25). The quantitative estimate of drug-likeness (QED) is 0.584. The summed E-state index contributed by atoms with van der Waals surface area (Å²) < 4.78 is 24.2. The number of rotatable bonds is 7. The van der Waals surface area contributed by atoms with Gasteiger partial charge in [-0.05, 0) is 55.5 Å². The van der Waals surface area contributed by atoms with Crippen molar-refractivity contribution in [3.8, 4) is 5.75 Å².